The van der Waals surface area contributed by atoms with E-state index >= 15 is 0 Å². The highest BCUT2D eigenvalue weighted by Crippen LogP contribution is 2.36. The van der Waals surface area contributed by atoms with Crippen LogP contribution in [0.25, 0.3) is 0 Å². The molecule has 1 aliphatic heterocycles. The Balaban J connectivity index is 1.93. The first-order valence-electron chi connectivity index (χ1n) is 7.63. The van der Waals surface area contributed by atoms with E-state index in [4.69, 9.17) is 0 Å². The van der Waals surface area contributed by atoms with Gasteiger partial charge in [0.2, 0.25) is 5.91 Å². The second-order valence-corrected chi connectivity index (χ2v) is 9.19. The normalized spacial score (nSPS) is 18.2. The van der Waals surface area contributed by atoms with Crippen LogP contribution in [0.4, 0.5) is 13.2 Å². The van der Waals surface area contributed by atoms with E-state index in [-0.39, 0.29) is 46.8 Å². The van der Waals surface area contributed by atoms with Crippen molar-refractivity contribution in [3.05, 3.63) is 29.8 Å². The molecule has 1 atom stereocenters. The van der Waals surface area contributed by atoms with Crippen LogP contribution in [0, 0.1) is 0 Å². The van der Waals surface area contributed by atoms with Crippen LogP contribution in [0.1, 0.15) is 17.3 Å². The van der Waals surface area contributed by atoms with Crippen molar-refractivity contribution < 1.29 is 31.2 Å². The van der Waals surface area contributed by atoms with Gasteiger partial charge in [-0.15, -0.1) is 0 Å². The first kappa shape index (κ1) is 20.6. The monoisotopic (exact) mass is 410 g/mol. The van der Waals surface area contributed by atoms with E-state index < -0.39 is 33.2 Å². The van der Waals surface area contributed by atoms with Gasteiger partial charge in [-0.05, 0) is 43.0 Å². The lowest BCUT2D eigenvalue weighted by atomic mass is 10.2. The molecule has 144 valence electrons. The smallest absolute Gasteiger partial charge is 0.341 e. The number of benzene rings is 1. The summed E-state index contributed by atoms with van der Waals surface area (Å²) in [4.78, 5) is 25.7. The van der Waals surface area contributed by atoms with Crippen molar-refractivity contribution in [2.45, 2.75) is 23.4 Å². The molecular formula is C15H17F3N2O4S2. The number of thioether (sulfide) groups is 1. The first-order chi connectivity index (χ1) is 12.0. The fourth-order valence-corrected chi connectivity index (χ4v) is 4.10. The molecule has 0 spiro atoms. The lowest BCUT2D eigenvalue weighted by Gasteiger charge is -2.29. The summed E-state index contributed by atoms with van der Waals surface area (Å²) in [6.45, 7) is 1.62. The molecule has 0 aromatic heterocycles. The minimum atomic E-state index is -4.41. The van der Waals surface area contributed by atoms with Gasteiger partial charge in [-0.1, -0.05) is 0 Å². The fraction of sp³-hybridized carbons (Fsp3) is 0.467. The molecule has 0 saturated carbocycles. The van der Waals surface area contributed by atoms with Crippen molar-refractivity contribution in [2.75, 3.05) is 24.6 Å². The van der Waals surface area contributed by atoms with Crippen LogP contribution in [0.5, 0.6) is 0 Å². The molecule has 26 heavy (non-hydrogen) atoms. The first-order valence-corrected chi connectivity index (χ1v) is 10.3. The Morgan fingerprint density at radius 3 is 2.19 bits per heavy atom. The minimum Gasteiger partial charge on any atom is -0.341 e. The van der Waals surface area contributed by atoms with Gasteiger partial charge in [0.15, 0.2) is 9.84 Å². The lowest BCUT2D eigenvalue weighted by Crippen LogP contribution is -2.51. The molecule has 1 heterocycles. The number of nitrogens with one attached hydrogen (secondary N) is 1. The van der Waals surface area contributed by atoms with Gasteiger partial charge in [0.25, 0.3) is 5.91 Å². The number of hydrogen-bond acceptors (Lipinski definition) is 5. The summed E-state index contributed by atoms with van der Waals surface area (Å²) in [7, 11) is -3.12. The van der Waals surface area contributed by atoms with Gasteiger partial charge in [0.1, 0.15) is 6.04 Å². The van der Waals surface area contributed by atoms with Crippen molar-refractivity contribution in [2.24, 2.45) is 0 Å². The van der Waals surface area contributed by atoms with Gasteiger partial charge in [-0.3, -0.25) is 9.59 Å². The molecule has 0 radical (unpaired) electrons. The second kappa shape index (κ2) is 7.87. The van der Waals surface area contributed by atoms with Gasteiger partial charge in [0, 0.05) is 23.5 Å². The Hall–Kier alpha value is -1.75. The highest BCUT2D eigenvalue weighted by atomic mass is 32.2. The Bertz CT molecular complexity index is 765. The topological polar surface area (TPSA) is 83.6 Å². The fourth-order valence-electron chi connectivity index (χ4n) is 2.36. The molecule has 1 aliphatic rings. The molecule has 1 aromatic rings. The Labute approximate surface area is 153 Å². The highest BCUT2D eigenvalue weighted by Gasteiger charge is 2.30. The van der Waals surface area contributed by atoms with Crippen LogP contribution < -0.4 is 5.32 Å². The molecule has 0 bridgehead atoms. The van der Waals surface area contributed by atoms with Crippen LogP contribution in [0.15, 0.2) is 29.2 Å². The van der Waals surface area contributed by atoms with Gasteiger partial charge >= 0.3 is 5.51 Å². The molecular weight excluding hydrogens is 393 g/mol. The van der Waals surface area contributed by atoms with E-state index in [1.165, 1.54) is 36.1 Å². The van der Waals surface area contributed by atoms with Crippen molar-refractivity contribution in [1.82, 2.24) is 10.2 Å². The number of halogens is 3. The Morgan fingerprint density at radius 2 is 1.69 bits per heavy atom. The molecule has 1 unspecified atom stereocenters. The summed E-state index contributed by atoms with van der Waals surface area (Å²) >= 11 is -0.283. The van der Waals surface area contributed by atoms with Crippen molar-refractivity contribution >= 4 is 33.4 Å². The average Bonchev–Trinajstić information content (AvgIpc) is 2.53. The van der Waals surface area contributed by atoms with Gasteiger partial charge in [-0.2, -0.15) is 13.2 Å². The second-order valence-electron chi connectivity index (χ2n) is 5.74. The number of carbonyl (C=O) groups excluding carboxylic acids is 2. The predicted octanol–water partition coefficient (Wildman–Crippen LogP) is 1.67. The summed E-state index contributed by atoms with van der Waals surface area (Å²) in [6.07, 6.45) is 0. The van der Waals surface area contributed by atoms with E-state index in [1.54, 1.807) is 0 Å². The summed E-state index contributed by atoms with van der Waals surface area (Å²) in [6, 6.07) is 3.96. The summed E-state index contributed by atoms with van der Waals surface area (Å²) in [5.74, 6) is -1.23. The third-order valence-corrected chi connectivity index (χ3v) is 6.07. The molecule has 2 amide bonds. The zero-order chi connectivity index (χ0) is 19.5. The number of nitrogens with zero attached hydrogens (tertiary/aromatic N) is 1. The SMILES string of the molecule is CC(NC(=O)c1ccc(SC(F)(F)F)cc1)C(=O)N1CCS(=O)(=O)CC1. The Kier molecular flexibility index (Phi) is 6.22. The molecule has 1 N–H and O–H groups in total. The third kappa shape index (κ3) is 5.90. The van der Waals surface area contributed by atoms with E-state index in [0.717, 1.165) is 0 Å². The Morgan fingerprint density at radius 1 is 1.15 bits per heavy atom. The van der Waals surface area contributed by atoms with E-state index in [2.05, 4.69) is 5.32 Å². The van der Waals surface area contributed by atoms with Gasteiger partial charge < -0.3 is 10.2 Å². The average molecular weight is 410 g/mol. The molecule has 11 heteroatoms. The third-order valence-electron chi connectivity index (χ3n) is 3.72. The maximum Gasteiger partial charge on any atom is 0.446 e. The number of carbonyl (C=O) groups is 2. The minimum absolute atomic E-state index is 0.0484. The zero-order valence-electron chi connectivity index (χ0n) is 13.7. The van der Waals surface area contributed by atoms with Gasteiger partial charge in [-0.25, -0.2) is 8.42 Å². The van der Waals surface area contributed by atoms with Crippen molar-refractivity contribution in [3.63, 3.8) is 0 Å². The van der Waals surface area contributed by atoms with E-state index in [0.29, 0.717) is 0 Å². The number of alkyl halides is 3. The van der Waals surface area contributed by atoms with E-state index in [1.807, 2.05) is 0 Å². The number of sulfone groups is 1. The highest BCUT2D eigenvalue weighted by molar-refractivity contribution is 8.00. The molecule has 2 rings (SSSR count). The zero-order valence-corrected chi connectivity index (χ0v) is 15.4. The summed E-state index contributed by atoms with van der Waals surface area (Å²) in [5.41, 5.74) is -4.29. The summed E-state index contributed by atoms with van der Waals surface area (Å²) < 4.78 is 59.6. The number of amides is 2. The van der Waals surface area contributed by atoms with Crippen molar-refractivity contribution in [3.8, 4) is 0 Å². The maximum absolute atomic E-state index is 12.3. The predicted molar refractivity (Wildman–Crippen MR) is 90.5 cm³/mol. The molecule has 6 nitrogen and oxygen atoms in total. The van der Waals surface area contributed by atoms with Gasteiger partial charge in [0.05, 0.1) is 11.5 Å². The molecule has 1 saturated heterocycles. The molecule has 1 fully saturated rings. The van der Waals surface area contributed by atoms with Crippen LogP contribution in [-0.2, 0) is 14.6 Å². The lowest BCUT2D eigenvalue weighted by molar-refractivity contribution is -0.132. The summed E-state index contributed by atoms with van der Waals surface area (Å²) in [5, 5.41) is 2.47. The van der Waals surface area contributed by atoms with Crippen LogP contribution >= 0.6 is 11.8 Å². The van der Waals surface area contributed by atoms with Crippen LogP contribution in [0.2, 0.25) is 0 Å². The molecule has 0 aliphatic carbocycles. The van der Waals surface area contributed by atoms with E-state index in [9.17, 15) is 31.2 Å². The van der Waals surface area contributed by atoms with Crippen molar-refractivity contribution in [1.29, 1.82) is 0 Å². The maximum atomic E-state index is 12.3. The number of rotatable bonds is 4. The van der Waals surface area contributed by atoms with Crippen LogP contribution in [0.3, 0.4) is 0 Å². The van der Waals surface area contributed by atoms with Crippen LogP contribution in [-0.4, -0.2) is 61.3 Å². The number of hydrogen-bond donors (Lipinski definition) is 1. The largest absolute Gasteiger partial charge is 0.446 e. The molecule has 1 aromatic carbocycles. The standard InChI is InChI=1S/C15H17F3N2O4S2/c1-10(14(22)20-6-8-26(23,24)9-7-20)19-13(21)11-2-4-12(5-3-11)25-15(16,17)18/h2-5,10H,6-9H2,1H3,(H,19,21). The quantitative estimate of drug-likeness (QED) is 0.764.